The van der Waals surface area contributed by atoms with Crippen molar-refractivity contribution in [3.8, 4) is 0 Å². The van der Waals surface area contributed by atoms with Crippen molar-refractivity contribution < 1.29 is 15.7 Å². The van der Waals surface area contributed by atoms with Crippen molar-refractivity contribution >= 4 is 31.1 Å². The van der Waals surface area contributed by atoms with Crippen LogP contribution in [0, 0.1) is 0 Å². The van der Waals surface area contributed by atoms with Crippen LogP contribution in [-0.4, -0.2) is 43.2 Å². The third-order valence-electron chi connectivity index (χ3n) is 3.90. The van der Waals surface area contributed by atoms with Crippen molar-refractivity contribution in [2.24, 2.45) is 11.5 Å². The van der Waals surface area contributed by atoms with Crippen LogP contribution >= 0.6 is 0 Å². The first kappa shape index (κ1) is 21.4. The molecular formula is C20H26N2O4Sn. The first-order valence-corrected chi connectivity index (χ1v) is 16.9. The quantitative estimate of drug-likeness (QED) is 0.564. The Morgan fingerprint density at radius 1 is 0.778 bits per heavy atom. The molecule has 4 N–H and O–H groups in total. The number of nitrogens with two attached hydrogens (primary N) is 2. The first-order valence-electron chi connectivity index (χ1n) is 8.81. The summed E-state index contributed by atoms with van der Waals surface area (Å²) in [7, 11) is 0. The molecule has 0 aliphatic heterocycles. The van der Waals surface area contributed by atoms with Crippen molar-refractivity contribution in [3.05, 3.63) is 71.8 Å². The fourth-order valence-corrected chi connectivity index (χ4v) is 6.31. The van der Waals surface area contributed by atoms with Gasteiger partial charge >= 0.3 is 165 Å². The standard InChI is InChI=1S/2C9H11NO2.2CH3.Sn/c2*10-8(9(11)12)6-7-4-2-1-3-5-7;;;/h2*1-5,8H,6,10H2,(H,11,12);2*1H3;/q;;;;+2/p-2/t2*8-;;;/m11.../s1. The van der Waals surface area contributed by atoms with Crippen LogP contribution in [0.5, 0.6) is 0 Å². The SMILES string of the molecule is [CH3][Sn]([CH3])([O]C(=O)[C@H](N)Cc1ccccc1)[O]C(=O)[C@H](N)Cc1ccccc1. The van der Waals surface area contributed by atoms with E-state index in [9.17, 15) is 9.59 Å². The Bertz CT molecular complexity index is 690. The average molecular weight is 477 g/mol. The van der Waals surface area contributed by atoms with E-state index < -0.39 is 43.2 Å². The van der Waals surface area contributed by atoms with E-state index >= 15 is 0 Å². The number of hydrogen-bond acceptors (Lipinski definition) is 6. The molecule has 0 aromatic heterocycles. The van der Waals surface area contributed by atoms with Crippen molar-refractivity contribution in [2.45, 2.75) is 34.8 Å². The van der Waals surface area contributed by atoms with Crippen molar-refractivity contribution in [1.29, 1.82) is 0 Å². The van der Waals surface area contributed by atoms with E-state index in [1.807, 2.05) is 60.7 Å². The van der Waals surface area contributed by atoms with Gasteiger partial charge in [0.05, 0.1) is 0 Å². The summed E-state index contributed by atoms with van der Waals surface area (Å²) in [6.45, 7) is 0. The molecule has 2 atom stereocenters. The third-order valence-corrected chi connectivity index (χ3v) is 7.85. The molecule has 0 spiro atoms. The van der Waals surface area contributed by atoms with Gasteiger partial charge in [-0.25, -0.2) is 0 Å². The van der Waals surface area contributed by atoms with Gasteiger partial charge in [0, 0.05) is 0 Å². The van der Waals surface area contributed by atoms with Crippen molar-refractivity contribution in [3.63, 3.8) is 0 Å². The molecule has 144 valence electrons. The molecule has 0 saturated carbocycles. The molecular weight excluding hydrogens is 451 g/mol. The predicted molar refractivity (Wildman–Crippen MR) is 106 cm³/mol. The summed E-state index contributed by atoms with van der Waals surface area (Å²) >= 11 is -3.86. The Morgan fingerprint density at radius 2 is 1.11 bits per heavy atom. The maximum absolute atomic E-state index is 12.3. The average Bonchev–Trinajstić information content (AvgIpc) is 2.62. The molecule has 0 radical (unpaired) electrons. The molecule has 0 heterocycles. The third kappa shape index (κ3) is 7.32. The first-order chi connectivity index (χ1) is 12.8. The zero-order valence-electron chi connectivity index (χ0n) is 15.6. The minimum absolute atomic E-state index is 0.364. The van der Waals surface area contributed by atoms with Crippen LogP contribution < -0.4 is 11.5 Å². The van der Waals surface area contributed by atoms with E-state index in [0.29, 0.717) is 12.8 Å². The molecule has 0 aliphatic carbocycles. The summed E-state index contributed by atoms with van der Waals surface area (Å²) in [4.78, 5) is 28.0. The fourth-order valence-electron chi connectivity index (χ4n) is 2.56. The summed E-state index contributed by atoms with van der Waals surface area (Å²) in [6.07, 6.45) is 0.728. The molecule has 0 bridgehead atoms. The van der Waals surface area contributed by atoms with Gasteiger partial charge < -0.3 is 0 Å². The molecule has 0 saturated heterocycles. The summed E-state index contributed by atoms with van der Waals surface area (Å²) < 4.78 is 11.0. The van der Waals surface area contributed by atoms with Gasteiger partial charge in [0.2, 0.25) is 0 Å². The van der Waals surface area contributed by atoms with Gasteiger partial charge in [-0.2, -0.15) is 0 Å². The van der Waals surface area contributed by atoms with Crippen LogP contribution in [0.3, 0.4) is 0 Å². The van der Waals surface area contributed by atoms with E-state index in [-0.39, 0.29) is 0 Å². The Morgan fingerprint density at radius 3 is 1.44 bits per heavy atom. The maximum atomic E-state index is 12.3. The van der Waals surface area contributed by atoms with Crippen LogP contribution in [-0.2, 0) is 28.6 Å². The molecule has 0 aliphatic rings. The second kappa shape index (κ2) is 9.87. The van der Waals surface area contributed by atoms with Crippen molar-refractivity contribution in [1.82, 2.24) is 0 Å². The van der Waals surface area contributed by atoms with E-state index in [1.54, 1.807) is 9.88 Å². The topological polar surface area (TPSA) is 105 Å². The van der Waals surface area contributed by atoms with Crippen LogP contribution in [0.1, 0.15) is 11.1 Å². The minimum atomic E-state index is -3.86. The van der Waals surface area contributed by atoms with E-state index in [1.165, 1.54) is 0 Å². The molecule has 0 fully saturated rings. The van der Waals surface area contributed by atoms with Crippen LogP contribution in [0.2, 0.25) is 9.88 Å². The van der Waals surface area contributed by atoms with Crippen molar-refractivity contribution in [2.75, 3.05) is 0 Å². The van der Waals surface area contributed by atoms with Gasteiger partial charge in [0.1, 0.15) is 0 Å². The van der Waals surface area contributed by atoms with Crippen LogP contribution in [0.25, 0.3) is 0 Å². The summed E-state index contributed by atoms with van der Waals surface area (Å²) in [5, 5.41) is 0. The molecule has 0 unspecified atom stereocenters. The van der Waals surface area contributed by atoms with Crippen LogP contribution in [0.4, 0.5) is 0 Å². The molecule has 2 aromatic rings. The Kier molecular flexibility index (Phi) is 7.82. The Balaban J connectivity index is 1.87. The zero-order valence-corrected chi connectivity index (χ0v) is 18.5. The Hall–Kier alpha value is -1.90. The molecule has 2 aromatic carbocycles. The summed E-state index contributed by atoms with van der Waals surface area (Å²) in [5.74, 6) is -1.10. The van der Waals surface area contributed by atoms with Gasteiger partial charge in [-0.3, -0.25) is 0 Å². The second-order valence-corrected chi connectivity index (χ2v) is 16.0. The van der Waals surface area contributed by atoms with Crippen LogP contribution in [0.15, 0.2) is 60.7 Å². The predicted octanol–water partition coefficient (Wildman–Crippen LogP) is 1.91. The van der Waals surface area contributed by atoms with Gasteiger partial charge in [-0.15, -0.1) is 0 Å². The van der Waals surface area contributed by atoms with Gasteiger partial charge in [-0.05, 0) is 0 Å². The monoisotopic (exact) mass is 478 g/mol. The molecule has 0 amide bonds. The van der Waals surface area contributed by atoms with E-state index in [2.05, 4.69) is 0 Å². The molecule has 2 rings (SSSR count). The van der Waals surface area contributed by atoms with Gasteiger partial charge in [0.15, 0.2) is 0 Å². The number of hydrogen-bond donors (Lipinski definition) is 2. The zero-order chi connectivity index (χ0) is 19.9. The molecule has 6 nitrogen and oxygen atoms in total. The van der Waals surface area contributed by atoms with E-state index in [0.717, 1.165) is 11.1 Å². The normalized spacial score (nSPS) is 13.5. The fraction of sp³-hybridized carbons (Fsp3) is 0.300. The Labute approximate surface area is 164 Å². The number of rotatable bonds is 8. The van der Waals surface area contributed by atoms with E-state index in [4.69, 9.17) is 17.6 Å². The number of carbonyl (C=O) groups excluding carboxylic acids is 2. The summed E-state index contributed by atoms with van der Waals surface area (Å²) in [5.41, 5.74) is 13.8. The summed E-state index contributed by atoms with van der Waals surface area (Å²) in [6, 6.07) is 17.3. The van der Waals surface area contributed by atoms with Gasteiger partial charge in [-0.1, -0.05) is 0 Å². The second-order valence-electron chi connectivity index (χ2n) is 6.83. The van der Waals surface area contributed by atoms with Gasteiger partial charge in [0.25, 0.3) is 0 Å². The molecule has 27 heavy (non-hydrogen) atoms. The number of carbonyl (C=O) groups is 2. The molecule has 7 heteroatoms. The number of benzene rings is 2.